The molecule has 1 fully saturated rings. The van der Waals surface area contributed by atoms with E-state index in [1.165, 1.54) is 5.56 Å². The molecule has 2 heterocycles. The van der Waals surface area contributed by atoms with Gasteiger partial charge in [-0.05, 0) is 38.3 Å². The fourth-order valence-corrected chi connectivity index (χ4v) is 3.32. The van der Waals surface area contributed by atoms with Gasteiger partial charge in [-0.3, -0.25) is 9.69 Å². The van der Waals surface area contributed by atoms with Crippen molar-refractivity contribution in [1.82, 2.24) is 20.2 Å². The highest BCUT2D eigenvalue weighted by Crippen LogP contribution is 2.13. The molecule has 1 aromatic carbocycles. The quantitative estimate of drug-likeness (QED) is 0.834. The van der Waals surface area contributed by atoms with Crippen molar-refractivity contribution < 1.29 is 4.79 Å². The smallest absolute Gasteiger partial charge is 0.239 e. The average Bonchev–Trinajstić information content (AvgIpc) is 2.62. The molecular weight excluding hydrogens is 326 g/mol. The number of aryl methyl sites for hydroxylation is 2. The number of nitrogens with one attached hydrogen (secondary N) is 2. The summed E-state index contributed by atoms with van der Waals surface area (Å²) < 4.78 is 0. The summed E-state index contributed by atoms with van der Waals surface area (Å²) in [5.74, 6) is 0.504. The van der Waals surface area contributed by atoms with E-state index in [9.17, 15) is 4.79 Å². The summed E-state index contributed by atoms with van der Waals surface area (Å²) >= 11 is 0. The molecule has 0 radical (unpaired) electrons. The van der Waals surface area contributed by atoms with Crippen molar-refractivity contribution in [1.29, 1.82) is 0 Å². The summed E-state index contributed by atoms with van der Waals surface area (Å²) in [5, 5.41) is 6.13. The molecule has 0 spiro atoms. The van der Waals surface area contributed by atoms with Gasteiger partial charge in [0.1, 0.15) is 0 Å². The third kappa shape index (κ3) is 5.52. The van der Waals surface area contributed by atoms with Crippen molar-refractivity contribution in [2.24, 2.45) is 0 Å². The Bertz CT molecular complexity index is 706. The second-order valence-electron chi connectivity index (χ2n) is 6.93. The SMILES string of the molecule is Cc1cc(C)nc(NCC(=O)NC2CCN(Cc3ccccc3)CC2)n1. The summed E-state index contributed by atoms with van der Waals surface area (Å²) in [6.07, 6.45) is 1.97. The molecule has 138 valence electrons. The van der Waals surface area contributed by atoms with Gasteiger partial charge in [-0.15, -0.1) is 0 Å². The molecule has 2 N–H and O–H groups in total. The summed E-state index contributed by atoms with van der Waals surface area (Å²) in [6, 6.07) is 12.7. The van der Waals surface area contributed by atoms with Crippen LogP contribution in [-0.4, -0.2) is 46.5 Å². The monoisotopic (exact) mass is 353 g/mol. The van der Waals surface area contributed by atoms with Gasteiger partial charge < -0.3 is 10.6 Å². The zero-order chi connectivity index (χ0) is 18.4. The lowest BCUT2D eigenvalue weighted by atomic mass is 10.0. The van der Waals surface area contributed by atoms with Crippen molar-refractivity contribution in [2.75, 3.05) is 25.0 Å². The molecule has 1 aliphatic heterocycles. The maximum Gasteiger partial charge on any atom is 0.239 e. The van der Waals surface area contributed by atoms with Gasteiger partial charge in [-0.2, -0.15) is 0 Å². The predicted molar refractivity (Wildman–Crippen MR) is 103 cm³/mol. The molecule has 0 atom stereocenters. The van der Waals surface area contributed by atoms with Crippen LogP contribution < -0.4 is 10.6 Å². The molecule has 2 aromatic rings. The van der Waals surface area contributed by atoms with E-state index in [2.05, 4.69) is 49.8 Å². The Labute approximate surface area is 155 Å². The highest BCUT2D eigenvalue weighted by molar-refractivity contribution is 5.80. The lowest BCUT2D eigenvalue weighted by Crippen LogP contribution is -2.45. The molecule has 1 aliphatic rings. The molecule has 0 aliphatic carbocycles. The molecule has 6 heteroatoms. The van der Waals surface area contributed by atoms with E-state index in [0.717, 1.165) is 43.9 Å². The first-order valence-electron chi connectivity index (χ1n) is 9.20. The van der Waals surface area contributed by atoms with Crippen LogP contribution in [0.2, 0.25) is 0 Å². The van der Waals surface area contributed by atoms with Crippen molar-refractivity contribution in [3.8, 4) is 0 Å². The number of carbonyl (C=O) groups is 1. The van der Waals surface area contributed by atoms with E-state index in [1.807, 2.05) is 26.0 Å². The number of hydrogen-bond donors (Lipinski definition) is 2. The van der Waals surface area contributed by atoms with Crippen molar-refractivity contribution in [3.05, 3.63) is 53.3 Å². The summed E-state index contributed by atoms with van der Waals surface area (Å²) in [5.41, 5.74) is 3.13. The molecule has 6 nitrogen and oxygen atoms in total. The molecule has 1 saturated heterocycles. The zero-order valence-electron chi connectivity index (χ0n) is 15.5. The van der Waals surface area contributed by atoms with E-state index in [1.54, 1.807) is 0 Å². The number of anilines is 1. The Balaban J connectivity index is 1.39. The number of piperidine rings is 1. The lowest BCUT2D eigenvalue weighted by molar-refractivity contribution is -0.120. The fraction of sp³-hybridized carbons (Fsp3) is 0.450. The number of rotatable bonds is 6. The van der Waals surface area contributed by atoms with Crippen LogP contribution in [0.4, 0.5) is 5.95 Å². The molecule has 1 aromatic heterocycles. The highest BCUT2D eigenvalue weighted by atomic mass is 16.2. The normalized spacial score (nSPS) is 15.6. The van der Waals surface area contributed by atoms with Gasteiger partial charge in [0.25, 0.3) is 0 Å². The average molecular weight is 353 g/mol. The van der Waals surface area contributed by atoms with Gasteiger partial charge in [0, 0.05) is 37.1 Å². The van der Waals surface area contributed by atoms with Crippen LogP contribution in [-0.2, 0) is 11.3 Å². The van der Waals surface area contributed by atoms with Crippen LogP contribution >= 0.6 is 0 Å². The summed E-state index contributed by atoms with van der Waals surface area (Å²) in [6.45, 7) is 7.04. The maximum atomic E-state index is 12.2. The third-order valence-electron chi connectivity index (χ3n) is 4.59. The van der Waals surface area contributed by atoms with Crippen molar-refractivity contribution in [3.63, 3.8) is 0 Å². The lowest BCUT2D eigenvalue weighted by Gasteiger charge is -2.32. The fourth-order valence-electron chi connectivity index (χ4n) is 3.32. The number of aromatic nitrogens is 2. The van der Waals surface area contributed by atoms with Crippen LogP contribution in [0.1, 0.15) is 29.8 Å². The molecular formula is C20H27N5O. The number of nitrogens with zero attached hydrogens (tertiary/aromatic N) is 3. The molecule has 0 saturated carbocycles. The third-order valence-corrected chi connectivity index (χ3v) is 4.59. The molecule has 0 unspecified atom stereocenters. The molecule has 0 bridgehead atoms. The Morgan fingerprint density at radius 1 is 1.12 bits per heavy atom. The van der Waals surface area contributed by atoms with Gasteiger partial charge in [0.15, 0.2) is 0 Å². The number of benzene rings is 1. The van der Waals surface area contributed by atoms with Crippen LogP contribution in [0, 0.1) is 13.8 Å². The summed E-state index contributed by atoms with van der Waals surface area (Å²) in [4.78, 5) is 23.2. The first-order valence-corrected chi connectivity index (χ1v) is 9.20. The van der Waals surface area contributed by atoms with Gasteiger partial charge in [-0.1, -0.05) is 30.3 Å². The minimum Gasteiger partial charge on any atom is -0.352 e. The van der Waals surface area contributed by atoms with Crippen LogP contribution in [0.25, 0.3) is 0 Å². The van der Waals surface area contributed by atoms with E-state index >= 15 is 0 Å². The first-order chi connectivity index (χ1) is 12.6. The van der Waals surface area contributed by atoms with Gasteiger partial charge in [0.05, 0.1) is 6.54 Å². The van der Waals surface area contributed by atoms with E-state index in [4.69, 9.17) is 0 Å². The molecule has 1 amide bonds. The number of carbonyl (C=O) groups excluding carboxylic acids is 1. The summed E-state index contributed by atoms with van der Waals surface area (Å²) in [7, 11) is 0. The molecule has 3 rings (SSSR count). The largest absolute Gasteiger partial charge is 0.352 e. The second kappa shape index (κ2) is 8.76. The predicted octanol–water partition coefficient (Wildman–Crippen LogP) is 2.29. The highest BCUT2D eigenvalue weighted by Gasteiger charge is 2.20. The molecule has 26 heavy (non-hydrogen) atoms. The zero-order valence-corrected chi connectivity index (χ0v) is 15.5. The number of amides is 1. The van der Waals surface area contributed by atoms with Crippen LogP contribution in [0.5, 0.6) is 0 Å². The Kier molecular flexibility index (Phi) is 6.17. The minimum absolute atomic E-state index is 0.00531. The standard InChI is InChI=1S/C20H27N5O/c1-15-12-16(2)23-20(22-15)21-13-19(26)24-18-8-10-25(11-9-18)14-17-6-4-3-5-7-17/h3-7,12,18H,8-11,13-14H2,1-2H3,(H,24,26)(H,21,22,23). The minimum atomic E-state index is -0.00531. The Hall–Kier alpha value is -2.47. The van der Waals surface area contributed by atoms with Crippen LogP contribution in [0.15, 0.2) is 36.4 Å². The van der Waals surface area contributed by atoms with Crippen LogP contribution in [0.3, 0.4) is 0 Å². The van der Waals surface area contributed by atoms with E-state index in [0.29, 0.717) is 5.95 Å². The van der Waals surface area contributed by atoms with Crippen molar-refractivity contribution >= 4 is 11.9 Å². The Morgan fingerprint density at radius 2 is 1.77 bits per heavy atom. The number of hydrogen-bond acceptors (Lipinski definition) is 5. The van der Waals surface area contributed by atoms with E-state index in [-0.39, 0.29) is 18.5 Å². The second-order valence-corrected chi connectivity index (χ2v) is 6.93. The maximum absolute atomic E-state index is 12.2. The first kappa shape index (κ1) is 18.3. The number of likely N-dealkylation sites (tertiary alicyclic amines) is 1. The topological polar surface area (TPSA) is 70.2 Å². The van der Waals surface area contributed by atoms with Gasteiger partial charge in [0.2, 0.25) is 11.9 Å². The van der Waals surface area contributed by atoms with Gasteiger partial charge >= 0.3 is 0 Å². The Morgan fingerprint density at radius 3 is 2.42 bits per heavy atom. The van der Waals surface area contributed by atoms with Crippen molar-refractivity contribution in [2.45, 2.75) is 39.3 Å². The van der Waals surface area contributed by atoms with Gasteiger partial charge in [-0.25, -0.2) is 9.97 Å². The van der Waals surface area contributed by atoms with E-state index < -0.39 is 0 Å².